The lowest BCUT2D eigenvalue weighted by atomic mass is 10.2. The fraction of sp³-hybridized carbons (Fsp3) is 0.562. The molecule has 0 radical (unpaired) electrons. The van der Waals surface area contributed by atoms with Crippen LogP contribution >= 0.6 is 15.9 Å². The molecule has 1 N–H and O–H groups in total. The van der Waals surface area contributed by atoms with Crippen molar-refractivity contribution in [2.24, 2.45) is 0 Å². The topological polar surface area (TPSA) is 38.8 Å². The van der Waals surface area contributed by atoms with E-state index in [1.165, 1.54) is 5.69 Å². The summed E-state index contributed by atoms with van der Waals surface area (Å²) in [5.74, 6) is 0. The van der Waals surface area contributed by atoms with E-state index < -0.39 is 0 Å². The van der Waals surface area contributed by atoms with Crippen LogP contribution in [0.4, 0.5) is 10.5 Å². The second kappa shape index (κ2) is 8.39. The van der Waals surface area contributed by atoms with Crippen LogP contribution in [0.25, 0.3) is 0 Å². The lowest BCUT2D eigenvalue weighted by molar-refractivity contribution is 0.194. The van der Waals surface area contributed by atoms with Gasteiger partial charge in [0.2, 0.25) is 0 Å². The van der Waals surface area contributed by atoms with Crippen LogP contribution in [0.5, 0.6) is 0 Å². The molecular weight excluding hydrogens is 344 g/mol. The number of halogens is 1. The average Bonchev–Trinajstić information content (AvgIpc) is 2.51. The van der Waals surface area contributed by atoms with E-state index in [1.54, 1.807) is 0 Å². The van der Waals surface area contributed by atoms with Gasteiger partial charge in [0, 0.05) is 42.9 Å². The maximum atomic E-state index is 12.1. The summed E-state index contributed by atoms with van der Waals surface area (Å²) in [6.45, 7) is 5.03. The molecule has 0 unspecified atom stereocenters. The van der Waals surface area contributed by atoms with Gasteiger partial charge in [-0.05, 0) is 45.3 Å². The third kappa shape index (κ3) is 5.18. The smallest absolute Gasteiger partial charge is 0.317 e. The molecule has 1 fully saturated rings. The highest BCUT2D eigenvalue weighted by atomic mass is 79.9. The van der Waals surface area contributed by atoms with Crippen LogP contribution in [-0.2, 0) is 0 Å². The largest absolute Gasteiger partial charge is 0.368 e. The first-order valence-electron chi connectivity index (χ1n) is 7.74. The molecule has 2 rings (SSSR count). The number of urea groups is 1. The summed E-state index contributed by atoms with van der Waals surface area (Å²) in [7, 11) is 4.09. The Hall–Kier alpha value is -1.27. The van der Waals surface area contributed by atoms with Gasteiger partial charge in [-0.25, -0.2) is 4.79 Å². The van der Waals surface area contributed by atoms with E-state index in [-0.39, 0.29) is 6.03 Å². The van der Waals surface area contributed by atoms with Crippen molar-refractivity contribution in [1.29, 1.82) is 0 Å². The van der Waals surface area contributed by atoms with Gasteiger partial charge in [0.15, 0.2) is 0 Å². The molecule has 0 spiro atoms. The zero-order valence-electron chi connectivity index (χ0n) is 13.4. The number of hydrogen-bond donors (Lipinski definition) is 1. The highest BCUT2D eigenvalue weighted by Crippen LogP contribution is 2.21. The van der Waals surface area contributed by atoms with Crippen LogP contribution in [-0.4, -0.2) is 69.2 Å². The Bertz CT molecular complexity index is 487. The molecule has 0 aliphatic carbocycles. The standard InChI is InChI=1S/C16H25BrN4O/c1-19(2)8-4-7-18-16(22)21-11-9-20(10-12-21)15-6-3-5-14(17)13-15/h3,5-6,13H,4,7-12H2,1-2H3,(H,18,22). The van der Waals surface area contributed by atoms with E-state index in [1.807, 2.05) is 31.1 Å². The first-order valence-corrected chi connectivity index (χ1v) is 8.53. The molecule has 2 amide bonds. The number of nitrogens with one attached hydrogen (secondary N) is 1. The molecule has 5 nitrogen and oxygen atoms in total. The molecule has 1 heterocycles. The molecule has 0 bridgehead atoms. The summed E-state index contributed by atoms with van der Waals surface area (Å²) in [5.41, 5.74) is 1.21. The normalized spacial score (nSPS) is 15.3. The second-order valence-corrected chi connectivity index (χ2v) is 6.76. The minimum absolute atomic E-state index is 0.0626. The third-order valence-corrected chi connectivity index (χ3v) is 4.29. The summed E-state index contributed by atoms with van der Waals surface area (Å²) in [4.78, 5) is 18.5. The maximum Gasteiger partial charge on any atom is 0.317 e. The molecule has 1 aliphatic rings. The van der Waals surface area contributed by atoms with Crippen molar-refractivity contribution in [2.75, 3.05) is 58.3 Å². The number of carbonyl (C=O) groups excluding carboxylic acids is 1. The first kappa shape index (κ1) is 17.1. The van der Waals surface area contributed by atoms with Crippen molar-refractivity contribution >= 4 is 27.6 Å². The van der Waals surface area contributed by atoms with Crippen molar-refractivity contribution in [3.8, 4) is 0 Å². The van der Waals surface area contributed by atoms with E-state index in [4.69, 9.17) is 0 Å². The van der Waals surface area contributed by atoms with E-state index in [0.717, 1.165) is 50.2 Å². The lowest BCUT2D eigenvalue weighted by Crippen LogP contribution is -2.52. The minimum atomic E-state index is 0.0626. The van der Waals surface area contributed by atoms with Gasteiger partial charge >= 0.3 is 6.03 Å². The number of amides is 2. The van der Waals surface area contributed by atoms with Crippen LogP contribution in [0.2, 0.25) is 0 Å². The average molecular weight is 369 g/mol. The lowest BCUT2D eigenvalue weighted by Gasteiger charge is -2.36. The Morgan fingerprint density at radius 1 is 1.27 bits per heavy atom. The minimum Gasteiger partial charge on any atom is -0.368 e. The zero-order chi connectivity index (χ0) is 15.9. The number of piperazine rings is 1. The van der Waals surface area contributed by atoms with Gasteiger partial charge < -0.3 is 20.0 Å². The van der Waals surface area contributed by atoms with Crippen LogP contribution < -0.4 is 10.2 Å². The quantitative estimate of drug-likeness (QED) is 0.810. The number of anilines is 1. The van der Waals surface area contributed by atoms with E-state index >= 15 is 0 Å². The molecule has 1 saturated heterocycles. The molecule has 22 heavy (non-hydrogen) atoms. The van der Waals surface area contributed by atoms with Crippen molar-refractivity contribution in [3.05, 3.63) is 28.7 Å². The van der Waals surface area contributed by atoms with Gasteiger partial charge in [0.05, 0.1) is 0 Å². The molecule has 1 aromatic carbocycles. The van der Waals surface area contributed by atoms with Crippen LogP contribution in [0.3, 0.4) is 0 Å². The molecule has 0 atom stereocenters. The Kier molecular flexibility index (Phi) is 6.51. The number of hydrogen-bond acceptors (Lipinski definition) is 3. The molecule has 0 aromatic heterocycles. The first-order chi connectivity index (χ1) is 10.6. The second-order valence-electron chi connectivity index (χ2n) is 5.84. The van der Waals surface area contributed by atoms with Crippen molar-refractivity contribution in [2.45, 2.75) is 6.42 Å². The molecule has 0 saturated carbocycles. The number of nitrogens with zero attached hydrogens (tertiary/aromatic N) is 3. The van der Waals surface area contributed by atoms with Crippen molar-refractivity contribution in [1.82, 2.24) is 15.1 Å². The Balaban J connectivity index is 1.73. The molecule has 1 aromatic rings. The summed E-state index contributed by atoms with van der Waals surface area (Å²) >= 11 is 3.50. The van der Waals surface area contributed by atoms with Gasteiger partial charge in [-0.1, -0.05) is 22.0 Å². The van der Waals surface area contributed by atoms with Crippen molar-refractivity contribution in [3.63, 3.8) is 0 Å². The molecule has 122 valence electrons. The van der Waals surface area contributed by atoms with Gasteiger partial charge in [-0.2, -0.15) is 0 Å². The Labute approximate surface area is 141 Å². The predicted octanol–water partition coefficient (Wildman–Crippen LogP) is 2.23. The van der Waals surface area contributed by atoms with E-state index in [2.05, 4.69) is 43.2 Å². The van der Waals surface area contributed by atoms with Gasteiger partial charge in [0.1, 0.15) is 0 Å². The number of rotatable bonds is 5. The third-order valence-electron chi connectivity index (χ3n) is 3.80. The van der Waals surface area contributed by atoms with Gasteiger partial charge in [-0.3, -0.25) is 0 Å². The summed E-state index contributed by atoms with van der Waals surface area (Å²) in [6, 6.07) is 8.37. The summed E-state index contributed by atoms with van der Waals surface area (Å²) in [6.07, 6.45) is 0.983. The highest BCUT2D eigenvalue weighted by Gasteiger charge is 2.20. The van der Waals surface area contributed by atoms with Crippen LogP contribution in [0.15, 0.2) is 28.7 Å². The number of carbonyl (C=O) groups is 1. The molecule has 1 aliphatic heterocycles. The monoisotopic (exact) mass is 368 g/mol. The van der Waals surface area contributed by atoms with Crippen LogP contribution in [0, 0.1) is 0 Å². The van der Waals surface area contributed by atoms with Gasteiger partial charge in [-0.15, -0.1) is 0 Å². The zero-order valence-corrected chi connectivity index (χ0v) is 15.0. The maximum absolute atomic E-state index is 12.1. The predicted molar refractivity (Wildman–Crippen MR) is 94.5 cm³/mol. The summed E-state index contributed by atoms with van der Waals surface area (Å²) in [5, 5.41) is 3.01. The van der Waals surface area contributed by atoms with Crippen LogP contribution in [0.1, 0.15) is 6.42 Å². The van der Waals surface area contributed by atoms with E-state index in [9.17, 15) is 4.79 Å². The van der Waals surface area contributed by atoms with Gasteiger partial charge in [0.25, 0.3) is 0 Å². The SMILES string of the molecule is CN(C)CCCNC(=O)N1CCN(c2cccc(Br)c2)CC1. The summed E-state index contributed by atoms with van der Waals surface area (Å²) < 4.78 is 1.09. The molecule has 6 heteroatoms. The Morgan fingerprint density at radius 3 is 2.64 bits per heavy atom. The fourth-order valence-corrected chi connectivity index (χ4v) is 2.93. The molecular formula is C16H25BrN4O. The highest BCUT2D eigenvalue weighted by molar-refractivity contribution is 9.10. The van der Waals surface area contributed by atoms with E-state index in [0.29, 0.717) is 0 Å². The van der Waals surface area contributed by atoms with Crippen molar-refractivity contribution < 1.29 is 4.79 Å². The number of benzene rings is 1. The fourth-order valence-electron chi connectivity index (χ4n) is 2.54. The Morgan fingerprint density at radius 2 is 2.00 bits per heavy atom.